The first kappa shape index (κ1) is 12.9. The average Bonchev–Trinajstić information content (AvgIpc) is 3.14. The summed E-state index contributed by atoms with van der Waals surface area (Å²) in [6, 6.07) is 2.04. The van der Waals surface area contributed by atoms with Crippen LogP contribution in [0.25, 0.3) is 0 Å². The zero-order chi connectivity index (χ0) is 13.4. The van der Waals surface area contributed by atoms with Crippen molar-refractivity contribution in [3.8, 4) is 5.75 Å². The SMILES string of the molecule is CN1CCC(Oc2cc(C3CC3)sc2C(N)=O)CC1. The number of amides is 1. The summed E-state index contributed by atoms with van der Waals surface area (Å²) in [4.78, 5) is 15.7. The molecule has 19 heavy (non-hydrogen) atoms. The molecule has 5 heteroatoms. The van der Waals surface area contributed by atoms with Crippen LogP contribution >= 0.6 is 11.3 Å². The number of nitrogens with two attached hydrogens (primary N) is 1. The molecule has 1 aromatic heterocycles. The molecule has 4 nitrogen and oxygen atoms in total. The third kappa shape index (κ3) is 2.92. The van der Waals surface area contributed by atoms with Crippen molar-refractivity contribution in [2.75, 3.05) is 20.1 Å². The number of likely N-dealkylation sites (tertiary alicyclic amines) is 1. The van der Waals surface area contributed by atoms with Crippen LogP contribution in [-0.2, 0) is 0 Å². The summed E-state index contributed by atoms with van der Waals surface area (Å²) in [5, 5.41) is 0. The number of hydrogen-bond acceptors (Lipinski definition) is 4. The van der Waals surface area contributed by atoms with Crippen LogP contribution in [0.3, 0.4) is 0 Å². The van der Waals surface area contributed by atoms with Crippen LogP contribution in [0.2, 0.25) is 0 Å². The van der Waals surface area contributed by atoms with E-state index in [1.807, 2.05) is 6.07 Å². The highest BCUT2D eigenvalue weighted by Crippen LogP contribution is 2.46. The van der Waals surface area contributed by atoms with E-state index in [9.17, 15) is 4.79 Å². The Hall–Kier alpha value is -1.07. The van der Waals surface area contributed by atoms with Gasteiger partial charge in [0, 0.05) is 18.0 Å². The van der Waals surface area contributed by atoms with Crippen molar-refractivity contribution in [1.82, 2.24) is 4.90 Å². The second-order valence-corrected chi connectivity index (χ2v) is 6.68. The number of carbonyl (C=O) groups is 1. The molecular weight excluding hydrogens is 260 g/mol. The number of nitrogens with zero attached hydrogens (tertiary/aromatic N) is 1. The van der Waals surface area contributed by atoms with Crippen LogP contribution in [0.15, 0.2) is 6.07 Å². The van der Waals surface area contributed by atoms with E-state index in [-0.39, 0.29) is 12.0 Å². The van der Waals surface area contributed by atoms with Gasteiger partial charge < -0.3 is 15.4 Å². The van der Waals surface area contributed by atoms with E-state index in [0.29, 0.717) is 16.5 Å². The average molecular weight is 280 g/mol. The van der Waals surface area contributed by atoms with Gasteiger partial charge in [0.15, 0.2) is 0 Å². The number of carbonyl (C=O) groups excluding carboxylic acids is 1. The molecule has 1 amide bonds. The van der Waals surface area contributed by atoms with Gasteiger partial charge in [0.2, 0.25) is 0 Å². The maximum atomic E-state index is 11.5. The molecule has 2 N–H and O–H groups in total. The second-order valence-electron chi connectivity index (χ2n) is 5.60. The highest BCUT2D eigenvalue weighted by molar-refractivity contribution is 7.14. The fourth-order valence-electron chi connectivity index (χ4n) is 2.50. The van der Waals surface area contributed by atoms with Crippen molar-refractivity contribution < 1.29 is 9.53 Å². The number of hydrogen-bond donors (Lipinski definition) is 1. The Kier molecular flexibility index (Phi) is 3.50. The number of rotatable bonds is 4. The number of primary amides is 1. The summed E-state index contributed by atoms with van der Waals surface area (Å²) in [7, 11) is 2.13. The Bertz CT molecular complexity index is 474. The fourth-order valence-corrected chi connectivity index (χ4v) is 3.62. The van der Waals surface area contributed by atoms with Gasteiger partial charge in [-0.2, -0.15) is 0 Å². The normalized spacial score (nSPS) is 21.5. The van der Waals surface area contributed by atoms with Gasteiger partial charge >= 0.3 is 0 Å². The lowest BCUT2D eigenvalue weighted by Gasteiger charge is -2.29. The van der Waals surface area contributed by atoms with E-state index in [1.54, 1.807) is 0 Å². The van der Waals surface area contributed by atoms with E-state index >= 15 is 0 Å². The minimum absolute atomic E-state index is 0.218. The van der Waals surface area contributed by atoms with E-state index in [4.69, 9.17) is 10.5 Å². The quantitative estimate of drug-likeness (QED) is 0.920. The Morgan fingerprint density at radius 3 is 2.63 bits per heavy atom. The lowest BCUT2D eigenvalue weighted by Crippen LogP contribution is -2.35. The van der Waals surface area contributed by atoms with Gasteiger partial charge in [-0.05, 0) is 44.7 Å². The molecule has 0 atom stereocenters. The van der Waals surface area contributed by atoms with E-state index in [0.717, 1.165) is 25.9 Å². The van der Waals surface area contributed by atoms with Crippen molar-refractivity contribution in [2.45, 2.75) is 37.7 Å². The maximum absolute atomic E-state index is 11.5. The number of thiophene rings is 1. The molecule has 1 aromatic rings. The first-order valence-electron chi connectivity index (χ1n) is 6.92. The fraction of sp³-hybridized carbons (Fsp3) is 0.643. The van der Waals surface area contributed by atoms with Gasteiger partial charge in [-0.1, -0.05) is 0 Å². The van der Waals surface area contributed by atoms with Crippen molar-refractivity contribution in [2.24, 2.45) is 5.73 Å². The van der Waals surface area contributed by atoms with Crippen molar-refractivity contribution >= 4 is 17.2 Å². The number of ether oxygens (including phenoxy) is 1. The molecule has 0 unspecified atom stereocenters. The van der Waals surface area contributed by atoms with Crippen LogP contribution < -0.4 is 10.5 Å². The lowest BCUT2D eigenvalue weighted by atomic mass is 10.1. The zero-order valence-corrected chi connectivity index (χ0v) is 12.0. The Labute approximate surface area is 117 Å². The molecule has 1 saturated carbocycles. The zero-order valence-electron chi connectivity index (χ0n) is 11.2. The van der Waals surface area contributed by atoms with E-state index in [2.05, 4.69) is 11.9 Å². The van der Waals surface area contributed by atoms with E-state index < -0.39 is 0 Å². The third-order valence-corrected chi connectivity index (χ3v) is 5.17. The van der Waals surface area contributed by atoms with Gasteiger partial charge in [-0.15, -0.1) is 11.3 Å². The first-order chi connectivity index (χ1) is 9.13. The van der Waals surface area contributed by atoms with Crippen molar-refractivity contribution in [1.29, 1.82) is 0 Å². The Morgan fingerprint density at radius 2 is 2.05 bits per heavy atom. The highest BCUT2D eigenvalue weighted by Gasteiger charge is 2.29. The molecule has 0 bridgehead atoms. The molecule has 0 aromatic carbocycles. The summed E-state index contributed by atoms with van der Waals surface area (Å²) in [5.41, 5.74) is 5.46. The van der Waals surface area contributed by atoms with E-state index in [1.165, 1.54) is 29.1 Å². The third-order valence-electron chi connectivity index (χ3n) is 3.88. The van der Waals surface area contributed by atoms with Crippen LogP contribution in [-0.4, -0.2) is 37.0 Å². The summed E-state index contributed by atoms with van der Waals surface area (Å²) in [5.74, 6) is 0.992. The summed E-state index contributed by atoms with van der Waals surface area (Å²) in [6.07, 6.45) is 4.71. The van der Waals surface area contributed by atoms with Crippen LogP contribution in [0.4, 0.5) is 0 Å². The second kappa shape index (κ2) is 5.13. The standard InChI is InChI=1S/C14H20N2O2S/c1-16-6-4-10(5-7-16)18-11-8-12(9-2-3-9)19-13(11)14(15)17/h8-10H,2-7H2,1H3,(H2,15,17). The Morgan fingerprint density at radius 1 is 1.37 bits per heavy atom. The molecular formula is C14H20N2O2S. The molecule has 2 aliphatic rings. The predicted octanol–water partition coefficient (Wildman–Crippen LogP) is 2.20. The molecule has 2 heterocycles. The monoisotopic (exact) mass is 280 g/mol. The van der Waals surface area contributed by atoms with Gasteiger partial charge in [0.25, 0.3) is 5.91 Å². The predicted molar refractivity (Wildman–Crippen MR) is 76.0 cm³/mol. The van der Waals surface area contributed by atoms with Crippen molar-refractivity contribution in [3.63, 3.8) is 0 Å². The van der Waals surface area contributed by atoms with Gasteiger partial charge in [-0.25, -0.2) is 0 Å². The molecule has 0 radical (unpaired) electrons. The smallest absolute Gasteiger partial charge is 0.262 e. The minimum atomic E-state index is -0.361. The molecule has 1 aliphatic carbocycles. The number of piperidine rings is 1. The molecule has 1 aliphatic heterocycles. The summed E-state index contributed by atoms with van der Waals surface area (Å²) < 4.78 is 6.04. The summed E-state index contributed by atoms with van der Waals surface area (Å²) >= 11 is 1.52. The van der Waals surface area contributed by atoms with Crippen LogP contribution in [0.1, 0.15) is 46.2 Å². The molecule has 3 rings (SSSR count). The van der Waals surface area contributed by atoms with Crippen LogP contribution in [0.5, 0.6) is 5.75 Å². The molecule has 1 saturated heterocycles. The van der Waals surface area contributed by atoms with Crippen molar-refractivity contribution in [3.05, 3.63) is 15.8 Å². The van der Waals surface area contributed by atoms with Crippen LogP contribution in [0, 0.1) is 0 Å². The topological polar surface area (TPSA) is 55.6 Å². The summed E-state index contributed by atoms with van der Waals surface area (Å²) in [6.45, 7) is 2.10. The largest absolute Gasteiger partial charge is 0.489 e. The molecule has 104 valence electrons. The van der Waals surface area contributed by atoms with Gasteiger partial charge in [0.05, 0.1) is 0 Å². The highest BCUT2D eigenvalue weighted by atomic mass is 32.1. The van der Waals surface area contributed by atoms with Gasteiger partial charge in [0.1, 0.15) is 16.7 Å². The first-order valence-corrected chi connectivity index (χ1v) is 7.74. The Balaban J connectivity index is 1.73. The molecule has 2 fully saturated rings. The lowest BCUT2D eigenvalue weighted by molar-refractivity contribution is 0.0977. The minimum Gasteiger partial charge on any atom is -0.489 e. The molecule has 0 spiro atoms. The maximum Gasteiger partial charge on any atom is 0.262 e. The van der Waals surface area contributed by atoms with Gasteiger partial charge in [-0.3, -0.25) is 4.79 Å².